The minimum atomic E-state index is -3.50. The summed E-state index contributed by atoms with van der Waals surface area (Å²) < 4.78 is 30.3. The maximum Gasteiger partial charge on any atom is 0.240 e. The Balaban J connectivity index is 1.38. The highest BCUT2D eigenvalue weighted by Crippen LogP contribution is 2.30. The summed E-state index contributed by atoms with van der Waals surface area (Å²) in [5.41, 5.74) is 3.88. The van der Waals surface area contributed by atoms with Crippen molar-refractivity contribution in [1.29, 1.82) is 0 Å². The number of benzene rings is 1. The standard InChI is InChI=1S/C21H25N5O2S/c1-15-3-8-20(11-16(15)2)29(27,28)25-18-4-6-19(7-5-18)26-13-17(12-24-26)21-9-10-22-14-23-21/h3,8-14,18-19,25H,4-7H2,1-2H3. The third-order valence-corrected chi connectivity index (χ3v) is 7.18. The van der Waals surface area contributed by atoms with Crippen LogP contribution >= 0.6 is 0 Å². The van der Waals surface area contributed by atoms with Crippen LogP contribution in [-0.2, 0) is 10.0 Å². The molecule has 1 aliphatic rings. The topological polar surface area (TPSA) is 89.8 Å². The van der Waals surface area contributed by atoms with Gasteiger partial charge in [-0.15, -0.1) is 0 Å². The Labute approximate surface area is 171 Å². The summed E-state index contributed by atoms with van der Waals surface area (Å²) in [6, 6.07) is 7.35. The number of hydrogen-bond donors (Lipinski definition) is 1. The number of sulfonamides is 1. The Morgan fingerprint density at radius 2 is 1.86 bits per heavy atom. The lowest BCUT2D eigenvalue weighted by Gasteiger charge is -2.29. The molecule has 0 radical (unpaired) electrons. The van der Waals surface area contributed by atoms with E-state index < -0.39 is 10.0 Å². The predicted molar refractivity (Wildman–Crippen MR) is 111 cm³/mol. The van der Waals surface area contributed by atoms with Gasteiger partial charge in [0.1, 0.15) is 6.33 Å². The van der Waals surface area contributed by atoms with E-state index in [0.29, 0.717) is 4.90 Å². The van der Waals surface area contributed by atoms with Crippen molar-refractivity contribution >= 4 is 10.0 Å². The maximum atomic E-state index is 12.7. The molecule has 7 nitrogen and oxygen atoms in total. The third-order valence-electron chi connectivity index (χ3n) is 5.66. The number of aryl methyl sites for hydroxylation is 2. The molecule has 1 fully saturated rings. The zero-order valence-electron chi connectivity index (χ0n) is 16.6. The molecule has 2 heterocycles. The SMILES string of the molecule is Cc1ccc(S(=O)(=O)NC2CCC(n3cc(-c4ccncn4)cn3)CC2)cc1C. The van der Waals surface area contributed by atoms with Gasteiger partial charge >= 0.3 is 0 Å². The molecule has 0 unspecified atom stereocenters. The van der Waals surface area contributed by atoms with Crippen LogP contribution in [0.25, 0.3) is 11.3 Å². The molecule has 29 heavy (non-hydrogen) atoms. The fraction of sp³-hybridized carbons (Fsp3) is 0.381. The van der Waals surface area contributed by atoms with E-state index in [9.17, 15) is 8.42 Å². The van der Waals surface area contributed by atoms with Crippen molar-refractivity contribution in [3.8, 4) is 11.3 Å². The molecule has 0 spiro atoms. The van der Waals surface area contributed by atoms with Crippen LogP contribution in [0, 0.1) is 13.8 Å². The molecule has 8 heteroatoms. The summed E-state index contributed by atoms with van der Waals surface area (Å²) >= 11 is 0. The number of nitrogens with one attached hydrogen (secondary N) is 1. The number of hydrogen-bond acceptors (Lipinski definition) is 5. The van der Waals surface area contributed by atoms with Crippen molar-refractivity contribution in [3.63, 3.8) is 0 Å². The Hall–Kier alpha value is -2.58. The molecule has 4 rings (SSSR count). The largest absolute Gasteiger partial charge is 0.269 e. The quantitative estimate of drug-likeness (QED) is 0.695. The summed E-state index contributed by atoms with van der Waals surface area (Å²) in [5.74, 6) is 0. The first-order chi connectivity index (χ1) is 13.9. The molecule has 1 aromatic carbocycles. The molecule has 1 N–H and O–H groups in total. The fourth-order valence-corrected chi connectivity index (χ4v) is 5.15. The lowest BCUT2D eigenvalue weighted by atomic mass is 9.92. The van der Waals surface area contributed by atoms with Crippen LogP contribution in [0.15, 0.2) is 54.1 Å². The third kappa shape index (κ3) is 4.38. The highest BCUT2D eigenvalue weighted by atomic mass is 32.2. The van der Waals surface area contributed by atoms with Gasteiger partial charge < -0.3 is 0 Å². The summed E-state index contributed by atoms with van der Waals surface area (Å²) in [6.45, 7) is 3.91. The average Bonchev–Trinajstić information content (AvgIpc) is 3.21. The molecule has 0 saturated heterocycles. The van der Waals surface area contributed by atoms with Crippen LogP contribution in [-0.4, -0.2) is 34.2 Å². The Morgan fingerprint density at radius 1 is 1.07 bits per heavy atom. The van der Waals surface area contributed by atoms with Gasteiger partial charge in [0.25, 0.3) is 0 Å². The highest BCUT2D eigenvalue weighted by molar-refractivity contribution is 7.89. The second-order valence-corrected chi connectivity index (χ2v) is 9.39. The van der Waals surface area contributed by atoms with E-state index in [2.05, 4.69) is 19.8 Å². The maximum absolute atomic E-state index is 12.7. The minimum Gasteiger partial charge on any atom is -0.269 e. The van der Waals surface area contributed by atoms with E-state index in [1.165, 1.54) is 6.33 Å². The summed E-state index contributed by atoms with van der Waals surface area (Å²) in [4.78, 5) is 8.54. The average molecular weight is 412 g/mol. The Morgan fingerprint density at radius 3 is 2.55 bits per heavy atom. The first-order valence-electron chi connectivity index (χ1n) is 9.82. The van der Waals surface area contributed by atoms with Gasteiger partial charge in [-0.2, -0.15) is 5.10 Å². The van der Waals surface area contributed by atoms with Gasteiger partial charge in [0.15, 0.2) is 0 Å². The van der Waals surface area contributed by atoms with Crippen LogP contribution < -0.4 is 4.72 Å². The monoisotopic (exact) mass is 411 g/mol. The van der Waals surface area contributed by atoms with Gasteiger partial charge in [-0.25, -0.2) is 23.1 Å². The van der Waals surface area contributed by atoms with Crippen LogP contribution in [0.2, 0.25) is 0 Å². The van der Waals surface area contributed by atoms with Crippen molar-refractivity contribution in [1.82, 2.24) is 24.5 Å². The van der Waals surface area contributed by atoms with Crippen molar-refractivity contribution in [2.45, 2.75) is 56.5 Å². The zero-order chi connectivity index (χ0) is 20.4. The van der Waals surface area contributed by atoms with Crippen molar-refractivity contribution < 1.29 is 8.42 Å². The van der Waals surface area contributed by atoms with E-state index in [1.807, 2.05) is 43.1 Å². The number of rotatable bonds is 5. The van der Waals surface area contributed by atoms with Gasteiger partial charge in [-0.1, -0.05) is 6.07 Å². The predicted octanol–water partition coefficient (Wildman–Crippen LogP) is 3.42. The molecule has 1 saturated carbocycles. The van der Waals surface area contributed by atoms with Gasteiger partial charge in [0.2, 0.25) is 10.0 Å². The normalized spacial score (nSPS) is 19.9. The lowest BCUT2D eigenvalue weighted by molar-refractivity contribution is 0.294. The molecule has 2 aromatic heterocycles. The Kier molecular flexibility index (Phi) is 5.47. The molecular weight excluding hydrogens is 386 g/mol. The van der Waals surface area contributed by atoms with Crippen LogP contribution in [0.1, 0.15) is 42.9 Å². The van der Waals surface area contributed by atoms with E-state index >= 15 is 0 Å². The van der Waals surface area contributed by atoms with Crippen molar-refractivity contribution in [3.05, 3.63) is 60.3 Å². The summed E-state index contributed by atoms with van der Waals surface area (Å²) in [7, 11) is -3.50. The van der Waals surface area contributed by atoms with Gasteiger partial charge in [0.05, 0.1) is 22.8 Å². The van der Waals surface area contributed by atoms with Crippen molar-refractivity contribution in [2.24, 2.45) is 0 Å². The summed E-state index contributed by atoms with van der Waals surface area (Å²) in [5, 5.41) is 4.50. The van der Waals surface area contributed by atoms with Gasteiger partial charge in [0, 0.05) is 24.0 Å². The van der Waals surface area contributed by atoms with Crippen LogP contribution in [0.4, 0.5) is 0 Å². The molecule has 0 amide bonds. The highest BCUT2D eigenvalue weighted by Gasteiger charge is 2.27. The molecule has 0 bridgehead atoms. The van der Waals surface area contributed by atoms with E-state index in [0.717, 1.165) is 48.1 Å². The molecule has 1 aliphatic carbocycles. The number of aromatic nitrogens is 4. The second kappa shape index (κ2) is 8.04. The first kappa shape index (κ1) is 19.7. The van der Waals surface area contributed by atoms with Gasteiger partial charge in [-0.05, 0) is 68.9 Å². The number of nitrogens with zero attached hydrogens (tertiary/aromatic N) is 4. The molecule has 0 aliphatic heterocycles. The second-order valence-electron chi connectivity index (χ2n) is 7.68. The fourth-order valence-electron chi connectivity index (χ4n) is 3.76. The lowest BCUT2D eigenvalue weighted by Crippen LogP contribution is -2.38. The smallest absolute Gasteiger partial charge is 0.240 e. The van der Waals surface area contributed by atoms with Crippen molar-refractivity contribution in [2.75, 3.05) is 0 Å². The zero-order valence-corrected chi connectivity index (χ0v) is 17.4. The van der Waals surface area contributed by atoms with Crippen LogP contribution in [0.3, 0.4) is 0 Å². The van der Waals surface area contributed by atoms with E-state index in [4.69, 9.17) is 0 Å². The van der Waals surface area contributed by atoms with E-state index in [1.54, 1.807) is 18.3 Å². The molecular formula is C21H25N5O2S. The summed E-state index contributed by atoms with van der Waals surface area (Å²) in [6.07, 6.45) is 10.4. The van der Waals surface area contributed by atoms with Crippen LogP contribution in [0.5, 0.6) is 0 Å². The molecule has 3 aromatic rings. The molecule has 0 atom stereocenters. The van der Waals surface area contributed by atoms with E-state index in [-0.39, 0.29) is 12.1 Å². The minimum absolute atomic E-state index is 0.0465. The first-order valence-corrected chi connectivity index (χ1v) is 11.3. The molecule has 152 valence electrons. The Bertz CT molecular complexity index is 1090. The van der Waals surface area contributed by atoms with Gasteiger partial charge in [-0.3, -0.25) is 4.68 Å².